The van der Waals surface area contributed by atoms with E-state index in [-0.39, 0.29) is 11.9 Å². The van der Waals surface area contributed by atoms with Gasteiger partial charge in [0.2, 0.25) is 5.91 Å². The summed E-state index contributed by atoms with van der Waals surface area (Å²) in [7, 11) is 0. The molecule has 0 aliphatic carbocycles. The molecule has 0 aliphatic heterocycles. The zero-order valence-electron chi connectivity index (χ0n) is 10.2. The Labute approximate surface area is 106 Å². The van der Waals surface area contributed by atoms with Crippen LogP contribution in [-0.4, -0.2) is 5.91 Å². The summed E-state index contributed by atoms with van der Waals surface area (Å²) >= 11 is 0. The lowest BCUT2D eigenvalue weighted by atomic mass is 10.1. The lowest BCUT2D eigenvalue weighted by molar-refractivity contribution is -0.123. The molecule has 3 N–H and O–H groups in total. The normalized spacial score (nSPS) is 13.9. The Morgan fingerprint density at radius 1 is 1.22 bits per heavy atom. The number of hydrogen-bond donors (Lipinski definition) is 2. The number of carbonyl (C=O) groups is 1. The number of benzene rings is 1. The van der Waals surface area contributed by atoms with Crippen LogP contribution in [0.4, 0.5) is 0 Å². The van der Waals surface area contributed by atoms with Crippen molar-refractivity contribution in [2.24, 2.45) is 5.73 Å². The highest BCUT2D eigenvalue weighted by Gasteiger charge is 2.18. The third-order valence-electron chi connectivity index (χ3n) is 2.77. The largest absolute Gasteiger partial charge is 0.467 e. The molecule has 1 amide bonds. The summed E-state index contributed by atoms with van der Waals surface area (Å²) < 4.78 is 5.23. The van der Waals surface area contributed by atoms with Crippen LogP contribution in [-0.2, 0) is 4.79 Å². The van der Waals surface area contributed by atoms with Crippen molar-refractivity contribution in [3.63, 3.8) is 0 Å². The van der Waals surface area contributed by atoms with Gasteiger partial charge in [-0.1, -0.05) is 30.3 Å². The van der Waals surface area contributed by atoms with Crippen molar-refractivity contribution in [1.82, 2.24) is 5.32 Å². The van der Waals surface area contributed by atoms with Crippen molar-refractivity contribution in [2.45, 2.75) is 19.0 Å². The van der Waals surface area contributed by atoms with Crippen LogP contribution in [0.5, 0.6) is 0 Å². The van der Waals surface area contributed by atoms with Gasteiger partial charge in [-0.05, 0) is 24.6 Å². The average molecular weight is 244 g/mol. The molecule has 0 fully saturated rings. The molecular weight excluding hydrogens is 228 g/mol. The van der Waals surface area contributed by atoms with E-state index in [1.165, 1.54) is 0 Å². The van der Waals surface area contributed by atoms with Gasteiger partial charge in [-0.2, -0.15) is 0 Å². The maximum Gasteiger partial charge on any atom is 0.242 e. The minimum Gasteiger partial charge on any atom is -0.467 e. The van der Waals surface area contributed by atoms with Crippen molar-refractivity contribution in [1.29, 1.82) is 0 Å². The molecule has 0 unspecified atom stereocenters. The number of nitrogens with one attached hydrogen (secondary N) is 1. The summed E-state index contributed by atoms with van der Waals surface area (Å²) in [5.74, 6) is 0.494. The highest BCUT2D eigenvalue weighted by atomic mass is 16.3. The van der Waals surface area contributed by atoms with Crippen molar-refractivity contribution in [3.05, 3.63) is 60.1 Å². The van der Waals surface area contributed by atoms with E-state index in [1.807, 2.05) is 43.3 Å². The predicted molar refractivity (Wildman–Crippen MR) is 68.6 cm³/mol. The molecule has 0 spiro atoms. The molecule has 1 aromatic heterocycles. The van der Waals surface area contributed by atoms with Crippen molar-refractivity contribution in [2.75, 3.05) is 0 Å². The molecule has 2 rings (SSSR count). The first-order chi connectivity index (χ1) is 8.68. The van der Waals surface area contributed by atoms with Crippen LogP contribution in [0.15, 0.2) is 53.1 Å². The molecule has 18 heavy (non-hydrogen) atoms. The van der Waals surface area contributed by atoms with Gasteiger partial charge in [0.1, 0.15) is 11.8 Å². The van der Waals surface area contributed by atoms with Gasteiger partial charge in [-0.25, -0.2) is 0 Å². The zero-order valence-corrected chi connectivity index (χ0v) is 10.2. The standard InChI is InChI=1S/C14H16N2O2/c1-10(12-8-5-9-18-12)16-14(17)13(15)11-6-3-2-4-7-11/h2-10,13H,15H2,1H3,(H,16,17)/t10-,13-/m1/s1. The molecule has 0 radical (unpaired) electrons. The number of hydrogen-bond acceptors (Lipinski definition) is 3. The molecule has 2 atom stereocenters. The lowest BCUT2D eigenvalue weighted by Crippen LogP contribution is -2.35. The Morgan fingerprint density at radius 3 is 2.56 bits per heavy atom. The van der Waals surface area contributed by atoms with Crippen LogP contribution in [0.1, 0.15) is 30.3 Å². The second kappa shape index (κ2) is 5.51. The summed E-state index contributed by atoms with van der Waals surface area (Å²) in [5.41, 5.74) is 6.69. The summed E-state index contributed by atoms with van der Waals surface area (Å²) in [6, 6.07) is 12.0. The molecular formula is C14H16N2O2. The number of carbonyl (C=O) groups excluding carboxylic acids is 1. The zero-order chi connectivity index (χ0) is 13.0. The average Bonchev–Trinajstić information content (AvgIpc) is 2.92. The van der Waals surface area contributed by atoms with Crippen LogP contribution in [0.25, 0.3) is 0 Å². The molecule has 0 bridgehead atoms. The number of furan rings is 1. The predicted octanol–water partition coefficient (Wildman–Crippen LogP) is 2.16. The van der Waals surface area contributed by atoms with Crippen molar-refractivity contribution >= 4 is 5.91 Å². The quantitative estimate of drug-likeness (QED) is 0.866. The second-order valence-corrected chi connectivity index (χ2v) is 4.13. The minimum atomic E-state index is -0.663. The van der Waals surface area contributed by atoms with Gasteiger partial charge < -0.3 is 15.5 Å². The fraction of sp³-hybridized carbons (Fsp3) is 0.214. The highest BCUT2D eigenvalue weighted by molar-refractivity contribution is 5.83. The monoisotopic (exact) mass is 244 g/mol. The summed E-state index contributed by atoms with van der Waals surface area (Å²) in [6.07, 6.45) is 1.58. The van der Waals surface area contributed by atoms with Crippen LogP contribution in [0.3, 0.4) is 0 Å². The first-order valence-electron chi connectivity index (χ1n) is 5.83. The van der Waals surface area contributed by atoms with Crippen molar-refractivity contribution in [3.8, 4) is 0 Å². The minimum absolute atomic E-state index is 0.192. The fourth-order valence-electron chi connectivity index (χ4n) is 1.72. The molecule has 1 aromatic carbocycles. The highest BCUT2D eigenvalue weighted by Crippen LogP contribution is 2.15. The second-order valence-electron chi connectivity index (χ2n) is 4.13. The Balaban J connectivity index is 2.00. The van der Waals surface area contributed by atoms with Gasteiger partial charge >= 0.3 is 0 Å². The molecule has 0 aliphatic rings. The van der Waals surface area contributed by atoms with Crippen LogP contribution >= 0.6 is 0 Å². The number of rotatable bonds is 4. The summed E-state index contributed by atoms with van der Waals surface area (Å²) in [4.78, 5) is 12.0. The van der Waals surface area contributed by atoms with Gasteiger partial charge in [0, 0.05) is 0 Å². The fourth-order valence-corrected chi connectivity index (χ4v) is 1.72. The number of nitrogens with two attached hydrogens (primary N) is 1. The number of amides is 1. The lowest BCUT2D eigenvalue weighted by Gasteiger charge is -2.16. The van der Waals surface area contributed by atoms with Gasteiger partial charge in [0.05, 0.1) is 12.3 Å². The van der Waals surface area contributed by atoms with Gasteiger partial charge in [0.15, 0.2) is 0 Å². The maximum atomic E-state index is 12.0. The first-order valence-corrected chi connectivity index (χ1v) is 5.83. The Morgan fingerprint density at radius 2 is 1.94 bits per heavy atom. The van der Waals surface area contributed by atoms with Gasteiger partial charge in [-0.15, -0.1) is 0 Å². The molecule has 4 nitrogen and oxygen atoms in total. The Kier molecular flexibility index (Phi) is 3.79. The molecule has 1 heterocycles. The van der Waals surface area contributed by atoms with E-state index in [2.05, 4.69) is 5.32 Å². The van der Waals surface area contributed by atoms with Gasteiger partial charge in [0.25, 0.3) is 0 Å². The van der Waals surface area contributed by atoms with E-state index in [0.29, 0.717) is 5.76 Å². The molecule has 94 valence electrons. The first kappa shape index (κ1) is 12.4. The summed E-state index contributed by atoms with van der Waals surface area (Å²) in [6.45, 7) is 1.86. The Bertz CT molecular complexity index is 494. The molecule has 2 aromatic rings. The van der Waals surface area contributed by atoms with Crippen LogP contribution < -0.4 is 11.1 Å². The molecule has 0 saturated heterocycles. The smallest absolute Gasteiger partial charge is 0.242 e. The van der Waals surface area contributed by atoms with E-state index in [0.717, 1.165) is 5.56 Å². The van der Waals surface area contributed by atoms with E-state index < -0.39 is 6.04 Å². The third-order valence-corrected chi connectivity index (χ3v) is 2.77. The van der Waals surface area contributed by atoms with E-state index in [1.54, 1.807) is 12.3 Å². The summed E-state index contributed by atoms with van der Waals surface area (Å²) in [5, 5.41) is 2.82. The third kappa shape index (κ3) is 2.78. The molecule has 4 heteroatoms. The Hall–Kier alpha value is -2.07. The van der Waals surface area contributed by atoms with Crippen LogP contribution in [0, 0.1) is 0 Å². The maximum absolute atomic E-state index is 12.0. The van der Waals surface area contributed by atoms with Crippen molar-refractivity contribution < 1.29 is 9.21 Å². The topological polar surface area (TPSA) is 68.3 Å². The van der Waals surface area contributed by atoms with E-state index >= 15 is 0 Å². The van der Waals surface area contributed by atoms with Crippen LogP contribution in [0.2, 0.25) is 0 Å². The SMILES string of the molecule is C[C@@H](NC(=O)[C@H](N)c1ccccc1)c1ccco1. The van der Waals surface area contributed by atoms with E-state index in [4.69, 9.17) is 10.2 Å². The van der Waals surface area contributed by atoms with E-state index in [9.17, 15) is 4.79 Å². The molecule has 0 saturated carbocycles. The van der Waals surface area contributed by atoms with Gasteiger partial charge in [-0.3, -0.25) is 4.79 Å².